The fourth-order valence-corrected chi connectivity index (χ4v) is 3.28. The van der Waals surface area contributed by atoms with Crippen LogP contribution in [0.4, 0.5) is 31.8 Å². The number of nitrogens with zero attached hydrogens (tertiary/aromatic N) is 3. The molecule has 1 amide bonds. The van der Waals surface area contributed by atoms with Gasteiger partial charge < -0.3 is 25.4 Å². The molecule has 0 unspecified atom stereocenters. The minimum Gasteiger partial charge on any atom is -0.486 e. The van der Waals surface area contributed by atoms with Gasteiger partial charge >= 0.3 is 0 Å². The molecule has 9 nitrogen and oxygen atoms in total. The average molecular weight is 434 g/mol. The second-order valence-corrected chi connectivity index (χ2v) is 7.15. The summed E-state index contributed by atoms with van der Waals surface area (Å²) in [5, 5.41) is 12.6. The molecule has 1 aliphatic heterocycles. The summed E-state index contributed by atoms with van der Waals surface area (Å²) in [6.45, 7) is -5.71. The maximum absolute atomic E-state index is 14.3. The summed E-state index contributed by atoms with van der Waals surface area (Å²) in [4.78, 5) is 16.7. The molecule has 1 saturated carbocycles. The lowest BCUT2D eigenvalue weighted by atomic mass is 10.2. The Labute approximate surface area is 181 Å². The lowest BCUT2D eigenvalue weighted by Gasteiger charge is -2.21. The summed E-state index contributed by atoms with van der Waals surface area (Å²) in [7, 11) is 1.63. The van der Waals surface area contributed by atoms with Gasteiger partial charge in [0.1, 0.15) is 42.4 Å². The Morgan fingerprint density at radius 2 is 2.13 bits per heavy atom. The average Bonchev–Trinajstić information content (AvgIpc) is 3.30. The van der Waals surface area contributed by atoms with Gasteiger partial charge in [0.25, 0.3) is 0 Å². The molecule has 0 spiro atoms. The van der Waals surface area contributed by atoms with Gasteiger partial charge in [-0.25, -0.2) is 13.8 Å². The Morgan fingerprint density at radius 3 is 2.90 bits per heavy atom. The Bertz CT molecular complexity index is 1340. The first kappa shape index (κ1) is 15.2. The second-order valence-electron chi connectivity index (χ2n) is 7.15. The summed E-state index contributed by atoms with van der Waals surface area (Å²) in [6, 6.07) is 3.43. The first-order valence-corrected chi connectivity index (χ1v) is 9.46. The zero-order chi connectivity index (χ0) is 25.1. The number of carbonyl (C=O) groups is 1. The molecule has 1 aromatic carbocycles. The summed E-state index contributed by atoms with van der Waals surface area (Å²) >= 11 is 0. The molecule has 1 fully saturated rings. The normalized spacial score (nSPS) is 24.4. The number of rotatable bonds is 6. The van der Waals surface area contributed by atoms with E-state index in [9.17, 15) is 13.6 Å². The zero-order valence-electron chi connectivity index (χ0n) is 20.2. The topological polar surface area (TPSA) is 102 Å². The molecule has 0 radical (unpaired) electrons. The third-order valence-electron chi connectivity index (χ3n) is 4.92. The molecule has 5 rings (SSSR count). The maximum Gasteiger partial charge on any atom is 0.224 e. The highest BCUT2D eigenvalue weighted by molar-refractivity contribution is 5.95. The van der Waals surface area contributed by atoms with E-state index >= 15 is 0 Å². The van der Waals surface area contributed by atoms with Crippen LogP contribution >= 0.6 is 0 Å². The van der Waals surface area contributed by atoms with Crippen molar-refractivity contribution in [2.45, 2.75) is 19.0 Å². The first-order chi connectivity index (χ1) is 16.5. The smallest absolute Gasteiger partial charge is 0.224 e. The fourth-order valence-electron chi connectivity index (χ4n) is 3.28. The third-order valence-corrected chi connectivity index (χ3v) is 4.92. The molecule has 31 heavy (non-hydrogen) atoms. The number of fused-ring (bicyclic) bond motifs is 2. The molecule has 3 heterocycles. The highest BCUT2D eigenvalue weighted by atomic mass is 19.1. The summed E-state index contributed by atoms with van der Waals surface area (Å²) in [6.07, 6.45) is 0.834. The van der Waals surface area contributed by atoms with Gasteiger partial charge in [0, 0.05) is 37.6 Å². The number of alkyl halides is 1. The summed E-state index contributed by atoms with van der Waals surface area (Å²) in [5.41, 5.74) is 0.442. The van der Waals surface area contributed by atoms with E-state index in [4.69, 9.17) is 15.0 Å². The molecule has 162 valence electrons. The zero-order valence-corrected chi connectivity index (χ0v) is 16.2. The largest absolute Gasteiger partial charge is 0.486 e. The third kappa shape index (κ3) is 3.78. The standard InChI is InChI=1S/C20H20F2N6O3/c1-23-17-8-16(25-13-6-11(21)7-15-19(13)31-3-2-30-15)27-20-14(9-24-28(17)20)26-18(29)5-10-4-12(10)22/h6-10,12,23H,2-5H2,1H3,(H,25,27)(H,26,29)/t10-,12-/m0/s1/i2D2,3D2. The van der Waals surface area contributed by atoms with Gasteiger partial charge in [0.15, 0.2) is 17.1 Å². The maximum atomic E-state index is 14.3. The number of benzene rings is 1. The molecule has 0 saturated heterocycles. The van der Waals surface area contributed by atoms with Crippen molar-refractivity contribution in [2.24, 2.45) is 5.92 Å². The van der Waals surface area contributed by atoms with Crippen molar-refractivity contribution in [3.8, 4) is 11.5 Å². The van der Waals surface area contributed by atoms with E-state index in [1.54, 1.807) is 7.05 Å². The van der Waals surface area contributed by atoms with Crippen LogP contribution in [0, 0.1) is 11.7 Å². The minimum atomic E-state index is -2.86. The van der Waals surface area contributed by atoms with Crippen molar-refractivity contribution in [2.75, 3.05) is 36.1 Å². The van der Waals surface area contributed by atoms with E-state index in [-0.39, 0.29) is 52.6 Å². The number of hydrogen-bond acceptors (Lipinski definition) is 7. The van der Waals surface area contributed by atoms with Crippen molar-refractivity contribution in [1.82, 2.24) is 14.6 Å². The molecular weight excluding hydrogens is 410 g/mol. The Kier molecular flexibility index (Phi) is 3.71. The van der Waals surface area contributed by atoms with Crippen LogP contribution in [0.15, 0.2) is 24.4 Å². The number of carbonyl (C=O) groups excluding carboxylic acids is 1. The molecule has 1 aliphatic carbocycles. The van der Waals surface area contributed by atoms with E-state index in [2.05, 4.69) is 26.0 Å². The molecule has 2 aromatic heterocycles. The van der Waals surface area contributed by atoms with Crippen LogP contribution in [0.1, 0.15) is 18.3 Å². The van der Waals surface area contributed by atoms with Gasteiger partial charge in [-0.05, 0) is 6.42 Å². The van der Waals surface area contributed by atoms with Crippen LogP contribution in [0.25, 0.3) is 5.65 Å². The van der Waals surface area contributed by atoms with Crippen molar-refractivity contribution >= 4 is 34.6 Å². The van der Waals surface area contributed by atoms with Gasteiger partial charge in [0.2, 0.25) is 5.91 Å². The van der Waals surface area contributed by atoms with Crippen molar-refractivity contribution in [3.05, 3.63) is 30.2 Å². The van der Waals surface area contributed by atoms with Crippen LogP contribution < -0.4 is 25.4 Å². The summed E-state index contributed by atoms with van der Waals surface area (Å²) in [5.74, 6) is -1.43. The van der Waals surface area contributed by atoms with E-state index < -0.39 is 25.1 Å². The fraction of sp³-hybridized carbons (Fsp3) is 0.350. The number of nitrogens with one attached hydrogen (secondary N) is 3. The lowest BCUT2D eigenvalue weighted by Crippen LogP contribution is -2.17. The second kappa shape index (κ2) is 7.56. The predicted octanol–water partition coefficient (Wildman–Crippen LogP) is 3.11. The quantitative estimate of drug-likeness (QED) is 0.548. The molecule has 2 aliphatic rings. The summed E-state index contributed by atoms with van der Waals surface area (Å²) < 4.78 is 70.1. The molecule has 2 atom stereocenters. The Morgan fingerprint density at radius 1 is 1.32 bits per heavy atom. The van der Waals surface area contributed by atoms with E-state index in [1.165, 1.54) is 16.8 Å². The van der Waals surface area contributed by atoms with Crippen LogP contribution in [0.5, 0.6) is 11.5 Å². The SMILES string of the molecule is [2H]C1([2H])Oc2cc(F)cc(Nc3cc(NC)n4ncc(NC(=O)C[C@@H]5C[C@@H]5F)c4n3)c2OC1([2H])[2H]. The minimum absolute atomic E-state index is 0.0393. The Hall–Kier alpha value is -3.63. The van der Waals surface area contributed by atoms with Crippen molar-refractivity contribution < 1.29 is 28.5 Å². The molecule has 11 heteroatoms. The van der Waals surface area contributed by atoms with Gasteiger partial charge in [-0.3, -0.25) is 4.79 Å². The van der Waals surface area contributed by atoms with Crippen molar-refractivity contribution in [1.29, 1.82) is 0 Å². The number of anilines is 4. The molecule has 3 aromatic rings. The lowest BCUT2D eigenvalue weighted by molar-refractivity contribution is -0.116. The van der Waals surface area contributed by atoms with Crippen LogP contribution in [0.3, 0.4) is 0 Å². The number of aromatic nitrogens is 3. The number of hydrogen-bond donors (Lipinski definition) is 3. The number of ether oxygens (including phenoxy) is 2. The van der Waals surface area contributed by atoms with E-state index in [0.29, 0.717) is 12.2 Å². The Balaban J connectivity index is 1.49. The van der Waals surface area contributed by atoms with Crippen molar-refractivity contribution in [3.63, 3.8) is 0 Å². The molecule has 3 N–H and O–H groups in total. The first-order valence-electron chi connectivity index (χ1n) is 11.5. The van der Waals surface area contributed by atoms with Gasteiger partial charge in [-0.15, -0.1) is 0 Å². The number of amides is 1. The van der Waals surface area contributed by atoms with E-state index in [0.717, 1.165) is 12.1 Å². The van der Waals surface area contributed by atoms with E-state index in [1.807, 2.05) is 0 Å². The number of halogens is 2. The molecule has 0 bridgehead atoms. The van der Waals surface area contributed by atoms with Crippen LogP contribution in [-0.2, 0) is 4.79 Å². The highest BCUT2D eigenvalue weighted by Gasteiger charge is 2.38. The van der Waals surface area contributed by atoms with Crippen LogP contribution in [0.2, 0.25) is 0 Å². The van der Waals surface area contributed by atoms with Gasteiger partial charge in [-0.1, -0.05) is 0 Å². The van der Waals surface area contributed by atoms with Gasteiger partial charge in [-0.2, -0.15) is 9.61 Å². The monoisotopic (exact) mass is 434 g/mol. The molecular formula is C20H20F2N6O3. The van der Waals surface area contributed by atoms with Crippen LogP contribution in [-0.4, -0.2) is 46.8 Å². The highest BCUT2D eigenvalue weighted by Crippen LogP contribution is 2.40. The predicted molar refractivity (Wildman–Crippen MR) is 109 cm³/mol. The van der Waals surface area contributed by atoms with Gasteiger partial charge in [0.05, 0.1) is 17.4 Å².